The lowest BCUT2D eigenvalue weighted by molar-refractivity contribution is -0.117. The van der Waals surface area contributed by atoms with Crippen LogP contribution < -0.4 is 10.0 Å². The number of hydrogen-bond donors (Lipinski definition) is 2. The van der Waals surface area contributed by atoms with Gasteiger partial charge >= 0.3 is 0 Å². The van der Waals surface area contributed by atoms with Crippen molar-refractivity contribution in [2.45, 2.75) is 35.4 Å². The summed E-state index contributed by atoms with van der Waals surface area (Å²) in [6, 6.07) is 11.1. The van der Waals surface area contributed by atoms with E-state index in [0.29, 0.717) is 12.1 Å². The summed E-state index contributed by atoms with van der Waals surface area (Å²) in [5.74, 6) is -0.861. The largest absolute Gasteiger partial charge is 0.325 e. The Morgan fingerprint density at radius 3 is 2.38 bits per heavy atom. The minimum absolute atomic E-state index is 0.0550. The van der Waals surface area contributed by atoms with E-state index in [9.17, 15) is 18.0 Å². The van der Waals surface area contributed by atoms with Crippen LogP contribution in [0.25, 0.3) is 0 Å². The van der Waals surface area contributed by atoms with Gasteiger partial charge in [0.1, 0.15) is 0 Å². The summed E-state index contributed by atoms with van der Waals surface area (Å²) in [6.07, 6.45) is 2.28. The van der Waals surface area contributed by atoms with Crippen LogP contribution >= 0.6 is 11.8 Å². The number of pyridine rings is 1. The number of nitrogens with zero attached hydrogens (tertiary/aromatic N) is 1. The second-order valence-electron chi connectivity index (χ2n) is 5.36. The molecule has 2 N–H and O–H groups in total. The number of nitrogens with one attached hydrogen (secondary N) is 2. The van der Waals surface area contributed by atoms with Crippen molar-refractivity contribution in [3.63, 3.8) is 0 Å². The number of rotatable bonds is 7. The van der Waals surface area contributed by atoms with E-state index in [-0.39, 0.29) is 16.1 Å². The molecule has 0 saturated heterocycles. The van der Waals surface area contributed by atoms with E-state index in [1.807, 2.05) is 29.8 Å². The summed E-state index contributed by atoms with van der Waals surface area (Å²) < 4.78 is 25.7. The maximum Gasteiger partial charge on any atom is 0.264 e. The number of hydrogen-bond acceptors (Lipinski definition) is 6. The van der Waals surface area contributed by atoms with Crippen LogP contribution in [0.5, 0.6) is 0 Å². The van der Waals surface area contributed by atoms with E-state index in [4.69, 9.17) is 0 Å². The standard InChI is InChI=1S/C17H19N3O4S2/c1-3-15(25-16-6-4-5-11-18-16)17(22)19-13-7-9-14(10-8-13)26(23,24)20-12(2)21/h4-11,15H,3H2,1-2H3,(H,19,22)(H,20,21). The fourth-order valence-electron chi connectivity index (χ4n) is 2.07. The van der Waals surface area contributed by atoms with Gasteiger partial charge in [0.05, 0.1) is 15.2 Å². The molecule has 0 fully saturated rings. The lowest BCUT2D eigenvalue weighted by Gasteiger charge is -2.14. The van der Waals surface area contributed by atoms with E-state index in [1.165, 1.54) is 36.0 Å². The first-order valence-electron chi connectivity index (χ1n) is 7.84. The summed E-state index contributed by atoms with van der Waals surface area (Å²) in [5, 5.41) is 3.19. The van der Waals surface area contributed by atoms with Gasteiger partial charge in [0, 0.05) is 18.8 Å². The van der Waals surface area contributed by atoms with Crippen molar-refractivity contribution in [2.75, 3.05) is 5.32 Å². The number of amides is 2. The van der Waals surface area contributed by atoms with Crippen LogP contribution in [-0.4, -0.2) is 30.5 Å². The lowest BCUT2D eigenvalue weighted by Crippen LogP contribution is -2.28. The summed E-state index contributed by atoms with van der Waals surface area (Å²) in [4.78, 5) is 27.5. The molecule has 0 radical (unpaired) electrons. The Kier molecular flexibility index (Phi) is 6.76. The Labute approximate surface area is 156 Å². The average Bonchev–Trinajstić information content (AvgIpc) is 2.60. The molecule has 138 valence electrons. The van der Waals surface area contributed by atoms with Gasteiger partial charge in [-0.2, -0.15) is 0 Å². The number of carbonyl (C=O) groups excluding carboxylic acids is 2. The molecule has 2 aromatic rings. The Morgan fingerprint density at radius 2 is 1.85 bits per heavy atom. The zero-order chi connectivity index (χ0) is 19.2. The van der Waals surface area contributed by atoms with Crippen molar-refractivity contribution in [1.82, 2.24) is 9.71 Å². The predicted octanol–water partition coefficient (Wildman–Crippen LogP) is 2.42. The second kappa shape index (κ2) is 8.81. The summed E-state index contributed by atoms with van der Waals surface area (Å²) in [7, 11) is -3.89. The molecule has 0 aliphatic heterocycles. The molecule has 7 nitrogen and oxygen atoms in total. The summed E-state index contributed by atoms with van der Waals surface area (Å²) in [5.41, 5.74) is 0.469. The van der Waals surface area contributed by atoms with Gasteiger partial charge in [0.2, 0.25) is 11.8 Å². The van der Waals surface area contributed by atoms with E-state index in [2.05, 4.69) is 10.3 Å². The summed E-state index contributed by atoms with van der Waals surface area (Å²) >= 11 is 1.36. The molecule has 26 heavy (non-hydrogen) atoms. The Bertz CT molecular complexity index is 869. The topological polar surface area (TPSA) is 105 Å². The van der Waals surface area contributed by atoms with Crippen molar-refractivity contribution in [3.8, 4) is 0 Å². The first-order valence-corrected chi connectivity index (χ1v) is 10.2. The molecule has 0 spiro atoms. The third-order valence-corrected chi connectivity index (χ3v) is 6.04. The highest BCUT2D eigenvalue weighted by Crippen LogP contribution is 2.24. The SMILES string of the molecule is CCC(Sc1ccccn1)C(=O)Nc1ccc(S(=O)(=O)NC(C)=O)cc1. The molecule has 1 aromatic carbocycles. The molecule has 0 saturated carbocycles. The highest BCUT2D eigenvalue weighted by molar-refractivity contribution is 8.00. The Balaban J connectivity index is 2.05. The van der Waals surface area contributed by atoms with Crippen LogP contribution in [-0.2, 0) is 19.6 Å². The first kappa shape index (κ1) is 19.9. The van der Waals surface area contributed by atoms with Gasteiger partial charge in [0.25, 0.3) is 10.0 Å². The van der Waals surface area contributed by atoms with E-state index < -0.39 is 15.9 Å². The van der Waals surface area contributed by atoms with Gasteiger partial charge in [-0.25, -0.2) is 18.1 Å². The third kappa shape index (κ3) is 5.57. The van der Waals surface area contributed by atoms with Gasteiger partial charge in [0.15, 0.2) is 0 Å². The van der Waals surface area contributed by atoms with Crippen LogP contribution in [0.4, 0.5) is 5.69 Å². The first-order chi connectivity index (χ1) is 12.3. The molecule has 9 heteroatoms. The Hall–Kier alpha value is -2.39. The monoisotopic (exact) mass is 393 g/mol. The van der Waals surface area contributed by atoms with Gasteiger partial charge in [-0.05, 0) is 42.8 Å². The zero-order valence-electron chi connectivity index (χ0n) is 14.3. The quantitative estimate of drug-likeness (QED) is 0.700. The Morgan fingerprint density at radius 1 is 1.15 bits per heavy atom. The van der Waals surface area contributed by atoms with Crippen molar-refractivity contribution >= 4 is 39.3 Å². The van der Waals surface area contributed by atoms with Crippen molar-refractivity contribution < 1.29 is 18.0 Å². The predicted molar refractivity (Wildman–Crippen MR) is 100 cm³/mol. The maximum absolute atomic E-state index is 12.4. The molecule has 1 atom stereocenters. The normalized spacial score (nSPS) is 12.2. The number of aromatic nitrogens is 1. The number of carbonyl (C=O) groups is 2. The molecule has 0 aliphatic rings. The van der Waals surface area contributed by atoms with Gasteiger partial charge in [-0.15, -0.1) is 0 Å². The molecular formula is C17H19N3O4S2. The van der Waals surface area contributed by atoms with Crippen molar-refractivity contribution in [2.24, 2.45) is 0 Å². The smallest absolute Gasteiger partial charge is 0.264 e. The van der Waals surface area contributed by atoms with Gasteiger partial charge < -0.3 is 5.32 Å². The number of sulfonamides is 1. The fourth-order valence-corrected chi connectivity index (χ4v) is 3.97. The molecule has 1 aromatic heterocycles. The molecular weight excluding hydrogens is 374 g/mol. The zero-order valence-corrected chi connectivity index (χ0v) is 15.9. The summed E-state index contributed by atoms with van der Waals surface area (Å²) in [6.45, 7) is 3.03. The van der Waals surface area contributed by atoms with Crippen LogP contribution in [0, 0.1) is 0 Å². The molecule has 1 unspecified atom stereocenters. The van der Waals surface area contributed by atoms with E-state index in [1.54, 1.807) is 6.20 Å². The average molecular weight is 393 g/mol. The molecule has 0 aliphatic carbocycles. The highest BCUT2D eigenvalue weighted by Gasteiger charge is 2.19. The fraction of sp³-hybridized carbons (Fsp3) is 0.235. The minimum atomic E-state index is -3.89. The number of benzene rings is 1. The van der Waals surface area contributed by atoms with Crippen LogP contribution in [0.1, 0.15) is 20.3 Å². The van der Waals surface area contributed by atoms with Gasteiger partial charge in [-0.3, -0.25) is 9.59 Å². The van der Waals surface area contributed by atoms with Crippen LogP contribution in [0.3, 0.4) is 0 Å². The lowest BCUT2D eigenvalue weighted by atomic mass is 10.3. The number of thioether (sulfide) groups is 1. The number of anilines is 1. The van der Waals surface area contributed by atoms with E-state index in [0.717, 1.165) is 11.9 Å². The second-order valence-corrected chi connectivity index (χ2v) is 8.26. The molecule has 1 heterocycles. The van der Waals surface area contributed by atoms with E-state index >= 15 is 0 Å². The molecule has 2 amide bonds. The van der Waals surface area contributed by atoms with Crippen molar-refractivity contribution in [3.05, 3.63) is 48.7 Å². The van der Waals surface area contributed by atoms with Gasteiger partial charge in [-0.1, -0.05) is 24.8 Å². The molecule has 2 rings (SSSR count). The van der Waals surface area contributed by atoms with Crippen LogP contribution in [0.15, 0.2) is 58.6 Å². The third-order valence-electron chi connectivity index (χ3n) is 3.27. The van der Waals surface area contributed by atoms with Crippen molar-refractivity contribution in [1.29, 1.82) is 0 Å². The highest BCUT2D eigenvalue weighted by atomic mass is 32.2. The van der Waals surface area contributed by atoms with Crippen LogP contribution in [0.2, 0.25) is 0 Å². The maximum atomic E-state index is 12.4. The minimum Gasteiger partial charge on any atom is -0.325 e. The molecule has 0 bridgehead atoms.